The molecule has 21 heavy (non-hydrogen) atoms. The van der Waals surface area contributed by atoms with Crippen molar-refractivity contribution < 1.29 is 8.42 Å². The van der Waals surface area contributed by atoms with Gasteiger partial charge in [0.1, 0.15) is 0 Å². The Hall–Kier alpha value is -0.620. The minimum atomic E-state index is -3.40. The topological polar surface area (TPSA) is 58.2 Å². The largest absolute Gasteiger partial charge is 0.316 e. The normalized spacial score (nSPS) is 22.6. The molecule has 1 fully saturated rings. The molecule has 0 aliphatic carbocycles. The molecule has 2 N–H and O–H groups in total. The third kappa shape index (κ3) is 4.95. The Kier molecular flexibility index (Phi) is 7.13. The molecular formula is C15H25ClN2O2S. The number of halogens is 1. The van der Waals surface area contributed by atoms with Crippen molar-refractivity contribution in [1.82, 2.24) is 10.0 Å². The third-order valence-corrected chi connectivity index (χ3v) is 5.37. The van der Waals surface area contributed by atoms with E-state index in [-0.39, 0.29) is 18.4 Å². The zero-order valence-electron chi connectivity index (χ0n) is 12.6. The van der Waals surface area contributed by atoms with Crippen LogP contribution in [0.25, 0.3) is 0 Å². The first-order valence-electron chi connectivity index (χ1n) is 7.35. The summed E-state index contributed by atoms with van der Waals surface area (Å²) < 4.78 is 27.6. The average molecular weight is 333 g/mol. The maximum atomic E-state index is 12.4. The van der Waals surface area contributed by atoms with Gasteiger partial charge in [0, 0.05) is 6.04 Å². The van der Waals surface area contributed by atoms with E-state index in [0.717, 1.165) is 32.4 Å². The lowest BCUT2D eigenvalue weighted by atomic mass is 9.97. The number of aryl methyl sites for hydroxylation is 1. The summed E-state index contributed by atoms with van der Waals surface area (Å²) in [6.45, 7) is 5.92. The fourth-order valence-electron chi connectivity index (χ4n) is 2.58. The molecule has 0 aromatic heterocycles. The number of rotatable bonds is 5. The van der Waals surface area contributed by atoms with Gasteiger partial charge in [0.2, 0.25) is 10.0 Å². The number of benzene rings is 1. The van der Waals surface area contributed by atoms with E-state index in [9.17, 15) is 8.42 Å². The molecule has 1 aromatic carbocycles. The van der Waals surface area contributed by atoms with Gasteiger partial charge in [-0.3, -0.25) is 0 Å². The molecule has 1 aliphatic heterocycles. The highest BCUT2D eigenvalue weighted by atomic mass is 35.5. The van der Waals surface area contributed by atoms with Gasteiger partial charge >= 0.3 is 0 Å². The summed E-state index contributed by atoms with van der Waals surface area (Å²) in [4.78, 5) is 0.364. The van der Waals surface area contributed by atoms with Crippen LogP contribution in [-0.4, -0.2) is 27.5 Å². The van der Waals surface area contributed by atoms with Crippen molar-refractivity contribution in [3.63, 3.8) is 0 Å². The van der Waals surface area contributed by atoms with Crippen molar-refractivity contribution in [3.05, 3.63) is 29.8 Å². The first kappa shape index (κ1) is 18.4. The van der Waals surface area contributed by atoms with Gasteiger partial charge in [-0.05, 0) is 49.5 Å². The van der Waals surface area contributed by atoms with Gasteiger partial charge < -0.3 is 5.32 Å². The first-order chi connectivity index (χ1) is 9.53. The van der Waals surface area contributed by atoms with Crippen molar-refractivity contribution in [1.29, 1.82) is 0 Å². The summed E-state index contributed by atoms with van der Waals surface area (Å²) in [6, 6.07) is 7.25. The molecule has 1 aliphatic rings. The van der Waals surface area contributed by atoms with Crippen molar-refractivity contribution >= 4 is 22.4 Å². The maximum absolute atomic E-state index is 12.4. The summed E-state index contributed by atoms with van der Waals surface area (Å²) in [6.07, 6.45) is 2.89. The van der Waals surface area contributed by atoms with E-state index >= 15 is 0 Å². The Morgan fingerprint density at radius 2 is 1.95 bits per heavy atom. The maximum Gasteiger partial charge on any atom is 0.240 e. The Morgan fingerprint density at radius 3 is 2.52 bits per heavy atom. The quantitative estimate of drug-likeness (QED) is 0.870. The molecule has 0 amide bonds. The lowest BCUT2D eigenvalue weighted by Crippen LogP contribution is -2.48. The van der Waals surface area contributed by atoms with Crippen LogP contribution in [0.4, 0.5) is 0 Å². The summed E-state index contributed by atoms with van der Waals surface area (Å²) >= 11 is 0. The van der Waals surface area contributed by atoms with E-state index in [4.69, 9.17) is 0 Å². The Labute approximate surface area is 134 Å². The highest BCUT2D eigenvalue weighted by Gasteiger charge is 2.26. The van der Waals surface area contributed by atoms with E-state index in [1.165, 1.54) is 5.56 Å². The molecule has 2 rings (SSSR count). The molecule has 0 bridgehead atoms. The smallest absolute Gasteiger partial charge is 0.240 e. The summed E-state index contributed by atoms with van der Waals surface area (Å²) in [5, 5.41) is 3.28. The van der Waals surface area contributed by atoms with Crippen LogP contribution in [0.1, 0.15) is 32.3 Å². The number of piperidine rings is 1. The van der Waals surface area contributed by atoms with Crippen LogP contribution in [0.2, 0.25) is 0 Å². The zero-order chi connectivity index (χ0) is 14.6. The molecule has 2 atom stereocenters. The third-order valence-electron chi connectivity index (χ3n) is 3.86. The predicted molar refractivity (Wildman–Crippen MR) is 88.4 cm³/mol. The minimum Gasteiger partial charge on any atom is -0.316 e. The molecule has 4 nitrogen and oxygen atoms in total. The van der Waals surface area contributed by atoms with Gasteiger partial charge in [-0.25, -0.2) is 13.1 Å². The molecule has 1 saturated heterocycles. The Bertz CT molecular complexity index is 531. The predicted octanol–water partition coefficient (Wildman–Crippen LogP) is 2.34. The van der Waals surface area contributed by atoms with E-state index in [0.29, 0.717) is 10.8 Å². The SMILES string of the molecule is CCCc1ccc(S(=O)(=O)NC2CCNCC2C)cc1.Cl. The van der Waals surface area contributed by atoms with Crippen LogP contribution in [0.3, 0.4) is 0 Å². The van der Waals surface area contributed by atoms with E-state index in [2.05, 4.69) is 23.9 Å². The summed E-state index contributed by atoms with van der Waals surface area (Å²) in [5.74, 6) is 0.317. The van der Waals surface area contributed by atoms with Crippen molar-refractivity contribution in [2.24, 2.45) is 5.92 Å². The number of hydrogen-bond donors (Lipinski definition) is 2. The Balaban J connectivity index is 0.00000220. The monoisotopic (exact) mass is 332 g/mol. The molecule has 2 unspecified atom stereocenters. The minimum absolute atomic E-state index is 0. The van der Waals surface area contributed by atoms with Gasteiger partial charge in [-0.2, -0.15) is 0 Å². The van der Waals surface area contributed by atoms with Gasteiger partial charge in [0.25, 0.3) is 0 Å². The van der Waals surface area contributed by atoms with Gasteiger partial charge in [0.15, 0.2) is 0 Å². The average Bonchev–Trinajstić information content (AvgIpc) is 2.42. The number of nitrogens with one attached hydrogen (secondary N) is 2. The standard InChI is InChI=1S/C15H24N2O2S.ClH/c1-3-4-13-5-7-14(8-6-13)20(18,19)17-15-9-10-16-11-12(15)2;/h5-8,12,15-17H,3-4,9-11H2,1-2H3;1H. The molecule has 0 saturated carbocycles. The number of hydrogen-bond acceptors (Lipinski definition) is 3. The lowest BCUT2D eigenvalue weighted by molar-refractivity contribution is 0.328. The van der Waals surface area contributed by atoms with E-state index < -0.39 is 10.0 Å². The van der Waals surface area contributed by atoms with Gasteiger partial charge in [-0.15, -0.1) is 12.4 Å². The lowest BCUT2D eigenvalue weighted by Gasteiger charge is -2.29. The second-order valence-corrected chi connectivity index (χ2v) is 7.31. The fraction of sp³-hybridized carbons (Fsp3) is 0.600. The van der Waals surface area contributed by atoms with E-state index in [1.807, 2.05) is 12.1 Å². The van der Waals surface area contributed by atoms with Gasteiger partial charge in [-0.1, -0.05) is 32.4 Å². The summed E-state index contributed by atoms with van der Waals surface area (Å²) in [7, 11) is -3.40. The van der Waals surface area contributed by atoms with Crippen molar-refractivity contribution in [3.8, 4) is 0 Å². The van der Waals surface area contributed by atoms with E-state index in [1.54, 1.807) is 12.1 Å². The highest BCUT2D eigenvalue weighted by Crippen LogP contribution is 2.16. The first-order valence-corrected chi connectivity index (χ1v) is 8.83. The fourth-order valence-corrected chi connectivity index (χ4v) is 3.96. The molecule has 1 heterocycles. The molecule has 6 heteroatoms. The molecule has 0 radical (unpaired) electrons. The molecule has 1 aromatic rings. The van der Waals surface area contributed by atoms with Crippen LogP contribution in [0.15, 0.2) is 29.2 Å². The van der Waals surface area contributed by atoms with Crippen LogP contribution < -0.4 is 10.0 Å². The number of sulfonamides is 1. The zero-order valence-corrected chi connectivity index (χ0v) is 14.3. The highest BCUT2D eigenvalue weighted by molar-refractivity contribution is 7.89. The Morgan fingerprint density at radius 1 is 1.29 bits per heavy atom. The second kappa shape index (κ2) is 8.13. The molecular weight excluding hydrogens is 308 g/mol. The summed E-state index contributed by atoms with van der Waals surface area (Å²) in [5.41, 5.74) is 1.18. The van der Waals surface area contributed by atoms with Gasteiger partial charge in [0.05, 0.1) is 4.90 Å². The van der Waals surface area contributed by atoms with Crippen LogP contribution in [0.5, 0.6) is 0 Å². The van der Waals surface area contributed by atoms with Crippen molar-refractivity contribution in [2.45, 2.75) is 44.0 Å². The van der Waals surface area contributed by atoms with Crippen LogP contribution in [-0.2, 0) is 16.4 Å². The molecule has 120 valence electrons. The molecule has 0 spiro atoms. The van der Waals surface area contributed by atoms with Crippen molar-refractivity contribution in [2.75, 3.05) is 13.1 Å². The van der Waals surface area contributed by atoms with Crippen LogP contribution >= 0.6 is 12.4 Å². The van der Waals surface area contributed by atoms with Crippen LogP contribution in [0, 0.1) is 5.92 Å². The second-order valence-electron chi connectivity index (χ2n) is 5.59.